The van der Waals surface area contributed by atoms with Crippen LogP contribution in [-0.4, -0.2) is 13.2 Å². The molecule has 0 aliphatic heterocycles. The molecule has 0 bridgehead atoms. The Balaban J connectivity index is 2.13. The average Bonchev–Trinajstić information content (AvgIpc) is 2.48. The third-order valence-corrected chi connectivity index (χ3v) is 4.72. The van der Waals surface area contributed by atoms with Crippen molar-refractivity contribution in [2.24, 2.45) is 5.92 Å². The molecular weight excluding hydrogens is 244 g/mol. The third-order valence-electron chi connectivity index (χ3n) is 4.72. The molecular formula is C19H30O. The molecule has 1 heteroatoms. The first-order valence-electron chi connectivity index (χ1n) is 8.40. The van der Waals surface area contributed by atoms with E-state index in [1.807, 2.05) is 0 Å². The van der Waals surface area contributed by atoms with Crippen LogP contribution in [0.5, 0.6) is 0 Å². The van der Waals surface area contributed by atoms with Crippen molar-refractivity contribution in [2.45, 2.75) is 64.7 Å². The SMILES string of the molecule is CCOCC(c1cccc(C2CCCCC2)c1)C(C)C. The van der Waals surface area contributed by atoms with Gasteiger partial charge in [-0.1, -0.05) is 57.4 Å². The molecule has 1 aromatic carbocycles. The first-order valence-corrected chi connectivity index (χ1v) is 8.40. The first-order chi connectivity index (χ1) is 9.72. The zero-order valence-electron chi connectivity index (χ0n) is 13.4. The monoisotopic (exact) mass is 274 g/mol. The molecule has 0 amide bonds. The van der Waals surface area contributed by atoms with Gasteiger partial charge in [0, 0.05) is 12.5 Å². The lowest BCUT2D eigenvalue weighted by atomic mass is 9.81. The minimum atomic E-state index is 0.526. The maximum Gasteiger partial charge on any atom is 0.0537 e. The van der Waals surface area contributed by atoms with Gasteiger partial charge in [0.15, 0.2) is 0 Å². The van der Waals surface area contributed by atoms with E-state index in [1.165, 1.54) is 37.7 Å². The van der Waals surface area contributed by atoms with Crippen LogP contribution in [0.4, 0.5) is 0 Å². The van der Waals surface area contributed by atoms with Gasteiger partial charge in [-0.05, 0) is 42.7 Å². The topological polar surface area (TPSA) is 9.23 Å². The molecule has 1 nitrogen and oxygen atoms in total. The molecule has 112 valence electrons. The predicted molar refractivity (Wildman–Crippen MR) is 86.3 cm³/mol. The van der Waals surface area contributed by atoms with Gasteiger partial charge in [0.05, 0.1) is 6.61 Å². The molecule has 0 radical (unpaired) electrons. The van der Waals surface area contributed by atoms with E-state index in [-0.39, 0.29) is 0 Å². The molecule has 1 aliphatic rings. The fraction of sp³-hybridized carbons (Fsp3) is 0.684. The molecule has 0 aromatic heterocycles. The van der Waals surface area contributed by atoms with Gasteiger partial charge in [0.2, 0.25) is 0 Å². The van der Waals surface area contributed by atoms with Crippen LogP contribution in [0, 0.1) is 5.92 Å². The quantitative estimate of drug-likeness (QED) is 0.664. The van der Waals surface area contributed by atoms with Crippen molar-refractivity contribution in [3.05, 3.63) is 35.4 Å². The van der Waals surface area contributed by atoms with Crippen LogP contribution in [0.2, 0.25) is 0 Å². The van der Waals surface area contributed by atoms with E-state index in [2.05, 4.69) is 45.0 Å². The normalized spacial score (nSPS) is 18.4. The van der Waals surface area contributed by atoms with E-state index in [1.54, 1.807) is 5.56 Å². The molecule has 0 spiro atoms. The van der Waals surface area contributed by atoms with Gasteiger partial charge in [-0.2, -0.15) is 0 Å². The maximum atomic E-state index is 5.70. The summed E-state index contributed by atoms with van der Waals surface area (Å²) in [6.07, 6.45) is 6.99. The Bertz CT molecular complexity index is 391. The van der Waals surface area contributed by atoms with E-state index in [0.717, 1.165) is 19.1 Å². The number of ether oxygens (including phenoxy) is 1. The molecule has 1 atom stereocenters. The van der Waals surface area contributed by atoms with Crippen LogP contribution in [-0.2, 0) is 4.74 Å². The molecule has 1 saturated carbocycles. The minimum absolute atomic E-state index is 0.526. The lowest BCUT2D eigenvalue weighted by molar-refractivity contribution is 0.119. The van der Waals surface area contributed by atoms with Crippen LogP contribution in [0.3, 0.4) is 0 Å². The van der Waals surface area contributed by atoms with Crippen molar-refractivity contribution in [2.75, 3.05) is 13.2 Å². The first kappa shape index (κ1) is 15.6. The highest BCUT2D eigenvalue weighted by atomic mass is 16.5. The Kier molecular flexibility index (Phi) is 6.09. The van der Waals surface area contributed by atoms with Gasteiger partial charge in [-0.3, -0.25) is 0 Å². The van der Waals surface area contributed by atoms with Crippen molar-refractivity contribution >= 4 is 0 Å². The summed E-state index contributed by atoms with van der Waals surface area (Å²) in [4.78, 5) is 0. The minimum Gasteiger partial charge on any atom is -0.381 e. The predicted octanol–water partition coefficient (Wildman–Crippen LogP) is 5.51. The van der Waals surface area contributed by atoms with Crippen LogP contribution >= 0.6 is 0 Å². The Hall–Kier alpha value is -0.820. The van der Waals surface area contributed by atoms with Gasteiger partial charge in [0.1, 0.15) is 0 Å². The largest absolute Gasteiger partial charge is 0.381 e. The molecule has 0 saturated heterocycles. The Labute approximate surface area is 124 Å². The summed E-state index contributed by atoms with van der Waals surface area (Å²) < 4.78 is 5.70. The van der Waals surface area contributed by atoms with E-state index in [9.17, 15) is 0 Å². The molecule has 1 unspecified atom stereocenters. The molecule has 1 aromatic rings. The summed E-state index contributed by atoms with van der Waals surface area (Å²) in [6.45, 7) is 8.34. The fourth-order valence-electron chi connectivity index (χ4n) is 3.40. The number of benzene rings is 1. The van der Waals surface area contributed by atoms with Crippen molar-refractivity contribution in [3.8, 4) is 0 Å². The number of hydrogen-bond donors (Lipinski definition) is 0. The fourth-order valence-corrected chi connectivity index (χ4v) is 3.40. The molecule has 1 aliphatic carbocycles. The Morgan fingerprint density at radius 2 is 1.90 bits per heavy atom. The van der Waals surface area contributed by atoms with Crippen molar-refractivity contribution < 1.29 is 4.74 Å². The lowest BCUT2D eigenvalue weighted by Crippen LogP contribution is -2.15. The van der Waals surface area contributed by atoms with Crippen molar-refractivity contribution in [1.29, 1.82) is 0 Å². The highest BCUT2D eigenvalue weighted by Gasteiger charge is 2.19. The van der Waals surface area contributed by atoms with E-state index >= 15 is 0 Å². The van der Waals surface area contributed by atoms with Crippen LogP contribution in [0.15, 0.2) is 24.3 Å². The number of rotatable bonds is 6. The summed E-state index contributed by atoms with van der Waals surface area (Å²) >= 11 is 0. The van der Waals surface area contributed by atoms with E-state index < -0.39 is 0 Å². The van der Waals surface area contributed by atoms with E-state index in [0.29, 0.717) is 11.8 Å². The highest BCUT2D eigenvalue weighted by molar-refractivity contribution is 5.29. The van der Waals surface area contributed by atoms with Crippen molar-refractivity contribution in [3.63, 3.8) is 0 Å². The standard InChI is InChI=1S/C19H30O/c1-4-20-14-19(15(2)3)18-12-8-11-17(13-18)16-9-6-5-7-10-16/h8,11-13,15-16,19H,4-7,9-10,14H2,1-3H3. The molecule has 2 rings (SSSR count). The van der Waals surface area contributed by atoms with Crippen LogP contribution < -0.4 is 0 Å². The van der Waals surface area contributed by atoms with Gasteiger partial charge in [0.25, 0.3) is 0 Å². The van der Waals surface area contributed by atoms with Gasteiger partial charge in [-0.25, -0.2) is 0 Å². The van der Waals surface area contributed by atoms with E-state index in [4.69, 9.17) is 4.74 Å². The second kappa shape index (κ2) is 7.83. The summed E-state index contributed by atoms with van der Waals surface area (Å²) in [5.41, 5.74) is 3.03. The maximum absolute atomic E-state index is 5.70. The summed E-state index contributed by atoms with van der Waals surface area (Å²) in [6, 6.07) is 9.33. The molecule has 0 N–H and O–H groups in total. The zero-order valence-corrected chi connectivity index (χ0v) is 13.4. The number of hydrogen-bond acceptors (Lipinski definition) is 1. The molecule has 0 heterocycles. The molecule has 1 fully saturated rings. The van der Waals surface area contributed by atoms with Crippen LogP contribution in [0.1, 0.15) is 75.8 Å². The Morgan fingerprint density at radius 3 is 2.55 bits per heavy atom. The Morgan fingerprint density at radius 1 is 1.15 bits per heavy atom. The summed E-state index contributed by atoms with van der Waals surface area (Å²) in [5.74, 6) is 1.95. The van der Waals surface area contributed by atoms with Gasteiger partial charge in [-0.15, -0.1) is 0 Å². The second-order valence-corrected chi connectivity index (χ2v) is 6.52. The summed E-state index contributed by atoms with van der Waals surface area (Å²) in [5, 5.41) is 0. The van der Waals surface area contributed by atoms with Crippen LogP contribution in [0.25, 0.3) is 0 Å². The lowest BCUT2D eigenvalue weighted by Gasteiger charge is -2.25. The average molecular weight is 274 g/mol. The van der Waals surface area contributed by atoms with Gasteiger partial charge < -0.3 is 4.74 Å². The van der Waals surface area contributed by atoms with Crippen molar-refractivity contribution in [1.82, 2.24) is 0 Å². The van der Waals surface area contributed by atoms with Gasteiger partial charge >= 0.3 is 0 Å². The molecule has 20 heavy (non-hydrogen) atoms. The highest BCUT2D eigenvalue weighted by Crippen LogP contribution is 2.34. The zero-order chi connectivity index (χ0) is 14.4. The third kappa shape index (κ3) is 4.09. The summed E-state index contributed by atoms with van der Waals surface area (Å²) in [7, 11) is 0. The smallest absolute Gasteiger partial charge is 0.0537 e. The second-order valence-electron chi connectivity index (χ2n) is 6.52.